The van der Waals surface area contributed by atoms with Gasteiger partial charge in [0.1, 0.15) is 5.82 Å². The van der Waals surface area contributed by atoms with Crippen LogP contribution >= 0.6 is 0 Å². The number of nitrogens with two attached hydrogens (primary N) is 2. The molecule has 1 heterocycles. The van der Waals surface area contributed by atoms with Gasteiger partial charge >= 0.3 is 0 Å². The number of aliphatic hydroxyl groups is 1. The van der Waals surface area contributed by atoms with Crippen molar-refractivity contribution in [3.63, 3.8) is 0 Å². The van der Waals surface area contributed by atoms with E-state index in [9.17, 15) is 0 Å². The molecule has 5 heteroatoms. The summed E-state index contributed by atoms with van der Waals surface area (Å²) >= 11 is 0. The van der Waals surface area contributed by atoms with Crippen LogP contribution < -0.4 is 11.5 Å². The van der Waals surface area contributed by atoms with E-state index in [2.05, 4.69) is 5.10 Å². The molecule has 0 aliphatic heterocycles. The zero-order valence-electron chi connectivity index (χ0n) is 9.72. The zero-order chi connectivity index (χ0) is 12.4. The molecule has 0 amide bonds. The Morgan fingerprint density at radius 2 is 2.00 bits per heavy atom. The van der Waals surface area contributed by atoms with Gasteiger partial charge in [-0.25, -0.2) is 4.68 Å². The summed E-state index contributed by atoms with van der Waals surface area (Å²) in [5.74, 6) is 0.866. The van der Waals surface area contributed by atoms with E-state index in [1.54, 1.807) is 4.68 Å². The summed E-state index contributed by atoms with van der Waals surface area (Å²) in [5, 5.41) is 13.2. The van der Waals surface area contributed by atoms with Gasteiger partial charge in [-0.15, -0.1) is 5.10 Å². The van der Waals surface area contributed by atoms with E-state index < -0.39 is 0 Å². The van der Waals surface area contributed by atoms with Gasteiger partial charge in [-0.2, -0.15) is 0 Å². The van der Waals surface area contributed by atoms with E-state index in [4.69, 9.17) is 16.6 Å². The lowest BCUT2D eigenvalue weighted by Crippen LogP contribution is -2.05. The minimum atomic E-state index is 0.00780. The predicted octanol–water partition coefficient (Wildman–Crippen LogP) is 0.880. The summed E-state index contributed by atoms with van der Waals surface area (Å²) in [7, 11) is 0. The van der Waals surface area contributed by atoms with Gasteiger partial charge in [-0.1, -0.05) is 18.2 Å². The molecule has 0 spiro atoms. The molecule has 0 bridgehead atoms. The highest BCUT2D eigenvalue weighted by Gasteiger charge is 2.14. The van der Waals surface area contributed by atoms with Gasteiger partial charge in [-0.3, -0.25) is 0 Å². The quantitative estimate of drug-likeness (QED) is 0.732. The third-order valence-electron chi connectivity index (χ3n) is 2.76. The molecule has 0 radical (unpaired) electrons. The lowest BCUT2D eigenvalue weighted by atomic mass is 10.2. The Balaban J connectivity index is 2.54. The van der Waals surface area contributed by atoms with Gasteiger partial charge in [0.05, 0.1) is 5.69 Å². The van der Waals surface area contributed by atoms with Crippen LogP contribution in [0.4, 0.5) is 11.6 Å². The summed E-state index contributed by atoms with van der Waals surface area (Å²) in [6.45, 7) is 1.99. The molecule has 1 aromatic heterocycles. The first-order chi connectivity index (χ1) is 8.15. The fraction of sp³-hybridized carbons (Fsp3) is 0.250. The lowest BCUT2D eigenvalue weighted by Gasteiger charge is -2.07. The van der Waals surface area contributed by atoms with Crippen molar-refractivity contribution in [3.05, 3.63) is 35.4 Å². The van der Waals surface area contributed by atoms with Crippen molar-refractivity contribution in [2.75, 3.05) is 18.1 Å². The topological polar surface area (TPSA) is 90.1 Å². The summed E-state index contributed by atoms with van der Waals surface area (Å²) < 4.78 is 1.62. The SMILES string of the molecule is Cc1ccccc1-n1nc(N)c(CCO)c1N. The molecule has 2 rings (SSSR count). The van der Waals surface area contributed by atoms with Gasteiger partial charge in [0.25, 0.3) is 0 Å². The van der Waals surface area contributed by atoms with Crippen molar-refractivity contribution in [1.29, 1.82) is 0 Å². The molecule has 0 saturated carbocycles. The number of aryl methyl sites for hydroxylation is 1. The van der Waals surface area contributed by atoms with Crippen molar-refractivity contribution in [2.45, 2.75) is 13.3 Å². The molecule has 5 N–H and O–H groups in total. The van der Waals surface area contributed by atoms with Crippen LogP contribution in [0.2, 0.25) is 0 Å². The second-order valence-corrected chi connectivity index (χ2v) is 3.92. The van der Waals surface area contributed by atoms with Crippen LogP contribution in [0.3, 0.4) is 0 Å². The molecule has 2 aromatic rings. The number of nitrogen functional groups attached to an aromatic ring is 2. The number of hydrogen-bond donors (Lipinski definition) is 3. The maximum Gasteiger partial charge on any atom is 0.151 e. The highest BCUT2D eigenvalue weighted by molar-refractivity contribution is 5.59. The predicted molar refractivity (Wildman–Crippen MR) is 67.9 cm³/mol. The van der Waals surface area contributed by atoms with Gasteiger partial charge in [0, 0.05) is 18.6 Å². The Kier molecular flexibility index (Phi) is 3.01. The first-order valence-corrected chi connectivity index (χ1v) is 5.45. The Hall–Kier alpha value is -2.01. The Labute approximate surface area is 99.7 Å². The normalized spacial score (nSPS) is 10.7. The third-order valence-corrected chi connectivity index (χ3v) is 2.76. The van der Waals surface area contributed by atoms with Gasteiger partial charge < -0.3 is 16.6 Å². The molecule has 0 fully saturated rings. The number of benzene rings is 1. The fourth-order valence-electron chi connectivity index (χ4n) is 1.83. The summed E-state index contributed by atoms with van der Waals surface area (Å²) in [6.07, 6.45) is 0.420. The first-order valence-electron chi connectivity index (χ1n) is 5.45. The fourth-order valence-corrected chi connectivity index (χ4v) is 1.83. The van der Waals surface area contributed by atoms with Crippen molar-refractivity contribution in [3.8, 4) is 5.69 Å². The third kappa shape index (κ3) is 1.97. The Morgan fingerprint density at radius 3 is 2.65 bits per heavy atom. The number of para-hydroxylation sites is 1. The maximum absolute atomic E-state index is 8.95. The lowest BCUT2D eigenvalue weighted by molar-refractivity contribution is 0.300. The minimum absolute atomic E-state index is 0.00780. The number of aliphatic hydroxyl groups excluding tert-OH is 1. The van der Waals surface area contributed by atoms with Crippen LogP contribution in [0.5, 0.6) is 0 Å². The average Bonchev–Trinajstić information content (AvgIpc) is 2.58. The monoisotopic (exact) mass is 232 g/mol. The molecule has 0 unspecified atom stereocenters. The molecule has 0 atom stereocenters. The number of aromatic nitrogens is 2. The van der Waals surface area contributed by atoms with Crippen LogP contribution in [0.25, 0.3) is 5.69 Å². The molecule has 0 saturated heterocycles. The van der Waals surface area contributed by atoms with Crippen molar-refractivity contribution in [1.82, 2.24) is 9.78 Å². The summed E-state index contributed by atoms with van der Waals surface area (Å²) in [4.78, 5) is 0. The minimum Gasteiger partial charge on any atom is -0.396 e. The zero-order valence-corrected chi connectivity index (χ0v) is 9.72. The number of rotatable bonds is 3. The standard InChI is InChI=1S/C12H16N4O/c1-8-4-2-3-5-10(8)16-12(14)9(6-7-17)11(13)15-16/h2-5,17H,6-7,14H2,1H3,(H2,13,15). The molecule has 90 valence electrons. The largest absolute Gasteiger partial charge is 0.396 e. The van der Waals surface area contributed by atoms with Crippen molar-refractivity contribution in [2.24, 2.45) is 0 Å². The van der Waals surface area contributed by atoms with Gasteiger partial charge in [-0.05, 0) is 18.6 Å². The summed E-state index contributed by atoms with van der Waals surface area (Å²) in [5.41, 5.74) is 14.5. The molecular weight excluding hydrogens is 216 g/mol. The van der Waals surface area contributed by atoms with Gasteiger partial charge in [0.15, 0.2) is 5.82 Å². The molecule has 1 aromatic carbocycles. The Morgan fingerprint density at radius 1 is 1.29 bits per heavy atom. The van der Waals surface area contributed by atoms with Crippen LogP contribution in [0, 0.1) is 6.92 Å². The highest BCUT2D eigenvalue weighted by Crippen LogP contribution is 2.24. The number of anilines is 2. The van der Waals surface area contributed by atoms with Crippen LogP contribution in [0.15, 0.2) is 24.3 Å². The van der Waals surface area contributed by atoms with Crippen LogP contribution in [-0.2, 0) is 6.42 Å². The molecule has 0 aliphatic rings. The van der Waals surface area contributed by atoms with E-state index in [1.807, 2.05) is 31.2 Å². The van der Waals surface area contributed by atoms with E-state index in [0.717, 1.165) is 11.3 Å². The van der Waals surface area contributed by atoms with Crippen LogP contribution in [-0.4, -0.2) is 21.5 Å². The Bertz CT molecular complexity index is 533. The number of hydrogen-bond acceptors (Lipinski definition) is 4. The number of nitrogens with zero attached hydrogens (tertiary/aromatic N) is 2. The second-order valence-electron chi connectivity index (χ2n) is 3.92. The van der Waals surface area contributed by atoms with E-state index in [-0.39, 0.29) is 6.61 Å². The van der Waals surface area contributed by atoms with E-state index in [0.29, 0.717) is 23.6 Å². The molecule has 5 nitrogen and oxygen atoms in total. The van der Waals surface area contributed by atoms with Crippen molar-refractivity contribution < 1.29 is 5.11 Å². The molecule has 0 aliphatic carbocycles. The van der Waals surface area contributed by atoms with Crippen molar-refractivity contribution >= 4 is 11.6 Å². The van der Waals surface area contributed by atoms with Crippen LogP contribution in [0.1, 0.15) is 11.1 Å². The molecule has 17 heavy (non-hydrogen) atoms. The summed E-state index contributed by atoms with van der Waals surface area (Å²) in [6, 6.07) is 7.79. The second kappa shape index (κ2) is 4.47. The first kappa shape index (κ1) is 11.5. The van der Waals surface area contributed by atoms with E-state index in [1.165, 1.54) is 0 Å². The van der Waals surface area contributed by atoms with E-state index >= 15 is 0 Å². The highest BCUT2D eigenvalue weighted by atomic mass is 16.3. The smallest absolute Gasteiger partial charge is 0.151 e. The maximum atomic E-state index is 8.95. The average molecular weight is 232 g/mol. The molecular formula is C12H16N4O. The van der Waals surface area contributed by atoms with Gasteiger partial charge in [0.2, 0.25) is 0 Å².